The number of piperidine rings is 1. The Morgan fingerprint density at radius 3 is 2.74 bits per heavy atom. The van der Waals surface area contributed by atoms with E-state index in [1.54, 1.807) is 13.2 Å². The SMILES string of the molecule is C=C(CN1CC[C@]23c4c5ccc(OC)c4O[C@H]2[C@H](N(C)C(=O)C=Cc2ccccc2)CC[C@H]3[C@H]1C5)OC(C)=O. The van der Waals surface area contributed by atoms with Crippen molar-refractivity contribution in [1.29, 1.82) is 0 Å². The molecule has 1 saturated heterocycles. The third-order valence-corrected chi connectivity index (χ3v) is 9.34. The molecule has 2 aromatic carbocycles. The quantitative estimate of drug-likeness (QED) is 0.302. The van der Waals surface area contributed by atoms with Crippen molar-refractivity contribution in [3.8, 4) is 11.5 Å². The van der Waals surface area contributed by atoms with Gasteiger partial charge in [-0.2, -0.15) is 0 Å². The first-order valence-corrected chi connectivity index (χ1v) is 13.8. The number of rotatable bonds is 7. The third kappa shape index (κ3) is 4.15. The molecule has 0 aromatic heterocycles. The van der Waals surface area contributed by atoms with E-state index in [0.717, 1.165) is 49.3 Å². The Morgan fingerprint density at radius 2 is 2.00 bits per heavy atom. The highest BCUT2D eigenvalue weighted by atomic mass is 16.5. The second-order valence-electron chi connectivity index (χ2n) is 11.3. The van der Waals surface area contributed by atoms with Crippen LogP contribution in [0.4, 0.5) is 0 Å². The maximum atomic E-state index is 13.4. The van der Waals surface area contributed by atoms with Gasteiger partial charge in [-0.25, -0.2) is 0 Å². The van der Waals surface area contributed by atoms with Crippen molar-refractivity contribution in [2.45, 2.75) is 56.2 Å². The van der Waals surface area contributed by atoms with Gasteiger partial charge in [0.2, 0.25) is 5.91 Å². The lowest BCUT2D eigenvalue weighted by atomic mass is 9.51. The summed E-state index contributed by atoms with van der Waals surface area (Å²) >= 11 is 0. The van der Waals surface area contributed by atoms with Gasteiger partial charge in [0.05, 0.1) is 19.7 Å². The number of carbonyl (C=O) groups excluding carboxylic acids is 2. The molecule has 2 aromatic rings. The molecular formula is C32H36N2O5. The number of benzene rings is 2. The molecule has 2 aliphatic heterocycles. The van der Waals surface area contributed by atoms with E-state index in [2.05, 4.69) is 17.5 Å². The van der Waals surface area contributed by atoms with Gasteiger partial charge >= 0.3 is 5.97 Å². The predicted molar refractivity (Wildman–Crippen MR) is 148 cm³/mol. The average Bonchev–Trinajstić information content (AvgIpc) is 3.27. The zero-order valence-corrected chi connectivity index (χ0v) is 22.9. The summed E-state index contributed by atoms with van der Waals surface area (Å²) in [5.41, 5.74) is 3.38. The molecule has 5 atom stereocenters. The van der Waals surface area contributed by atoms with Crippen LogP contribution in [0.15, 0.2) is 60.9 Å². The number of likely N-dealkylation sites (tertiary alicyclic amines) is 1. The fraction of sp³-hybridized carbons (Fsp3) is 0.438. The first-order valence-electron chi connectivity index (χ1n) is 13.8. The number of hydrogen-bond donors (Lipinski definition) is 0. The topological polar surface area (TPSA) is 68.3 Å². The van der Waals surface area contributed by atoms with Gasteiger partial charge in [-0.1, -0.05) is 43.0 Å². The zero-order chi connectivity index (χ0) is 27.3. The van der Waals surface area contributed by atoms with Crippen molar-refractivity contribution in [2.75, 3.05) is 27.2 Å². The van der Waals surface area contributed by atoms with Gasteiger partial charge in [0, 0.05) is 37.1 Å². The Balaban J connectivity index is 1.33. The lowest BCUT2D eigenvalue weighted by Crippen LogP contribution is -2.69. The van der Waals surface area contributed by atoms with Crippen molar-refractivity contribution >= 4 is 18.0 Å². The van der Waals surface area contributed by atoms with Crippen LogP contribution in [0.3, 0.4) is 0 Å². The highest BCUT2D eigenvalue weighted by Crippen LogP contribution is 2.64. The minimum absolute atomic E-state index is 0.0204. The van der Waals surface area contributed by atoms with E-state index in [-0.39, 0.29) is 35.5 Å². The van der Waals surface area contributed by atoms with E-state index in [1.165, 1.54) is 18.1 Å². The van der Waals surface area contributed by atoms with Crippen LogP contribution in [-0.4, -0.2) is 67.1 Å². The molecule has 204 valence electrons. The van der Waals surface area contributed by atoms with Crippen molar-refractivity contribution in [3.63, 3.8) is 0 Å². The van der Waals surface area contributed by atoms with Crippen LogP contribution >= 0.6 is 0 Å². The van der Waals surface area contributed by atoms with Gasteiger partial charge in [0.15, 0.2) is 11.5 Å². The molecule has 0 N–H and O–H groups in total. The summed E-state index contributed by atoms with van der Waals surface area (Å²) < 4.78 is 18.0. The van der Waals surface area contributed by atoms with E-state index in [9.17, 15) is 9.59 Å². The van der Waals surface area contributed by atoms with Crippen molar-refractivity contribution in [3.05, 3.63) is 77.6 Å². The van der Waals surface area contributed by atoms with Crippen molar-refractivity contribution in [2.24, 2.45) is 5.92 Å². The summed E-state index contributed by atoms with van der Waals surface area (Å²) in [4.78, 5) is 29.2. The molecule has 1 amide bonds. The summed E-state index contributed by atoms with van der Waals surface area (Å²) in [7, 11) is 3.59. The Labute approximate surface area is 230 Å². The molecule has 4 aliphatic rings. The molecular weight excluding hydrogens is 492 g/mol. The van der Waals surface area contributed by atoms with Crippen molar-refractivity contribution < 1.29 is 23.8 Å². The Kier molecular flexibility index (Phi) is 6.50. The smallest absolute Gasteiger partial charge is 0.307 e. The summed E-state index contributed by atoms with van der Waals surface area (Å²) in [6, 6.07) is 14.3. The first-order chi connectivity index (χ1) is 18.8. The van der Waals surface area contributed by atoms with E-state index in [0.29, 0.717) is 18.2 Å². The molecule has 0 radical (unpaired) electrons. The van der Waals surface area contributed by atoms with Gasteiger partial charge in [0.25, 0.3) is 0 Å². The number of amides is 1. The lowest BCUT2D eigenvalue weighted by molar-refractivity contribution is -0.139. The minimum Gasteiger partial charge on any atom is -0.493 e. The van der Waals surface area contributed by atoms with Gasteiger partial charge < -0.3 is 19.1 Å². The van der Waals surface area contributed by atoms with Gasteiger partial charge in [0.1, 0.15) is 11.9 Å². The van der Waals surface area contributed by atoms with Gasteiger partial charge in [-0.15, -0.1) is 0 Å². The molecule has 39 heavy (non-hydrogen) atoms. The third-order valence-electron chi connectivity index (χ3n) is 9.34. The van der Waals surface area contributed by atoms with Crippen LogP contribution in [0.25, 0.3) is 6.08 Å². The lowest BCUT2D eigenvalue weighted by Gasteiger charge is -2.60. The van der Waals surface area contributed by atoms with Crippen LogP contribution in [0, 0.1) is 5.92 Å². The monoisotopic (exact) mass is 528 g/mol. The fourth-order valence-corrected chi connectivity index (χ4v) is 7.82. The van der Waals surface area contributed by atoms with Crippen LogP contribution < -0.4 is 9.47 Å². The molecule has 2 heterocycles. The molecule has 7 nitrogen and oxygen atoms in total. The largest absolute Gasteiger partial charge is 0.493 e. The molecule has 2 bridgehead atoms. The van der Waals surface area contributed by atoms with Crippen molar-refractivity contribution in [1.82, 2.24) is 9.80 Å². The van der Waals surface area contributed by atoms with E-state index in [1.807, 2.05) is 54.4 Å². The number of methoxy groups -OCH3 is 1. The van der Waals surface area contributed by atoms with E-state index < -0.39 is 0 Å². The normalized spacial score (nSPS) is 28.4. The molecule has 7 heteroatoms. The number of esters is 1. The molecule has 0 unspecified atom stereocenters. The highest BCUT2D eigenvalue weighted by molar-refractivity contribution is 5.92. The highest BCUT2D eigenvalue weighted by Gasteiger charge is 2.66. The van der Waals surface area contributed by atoms with Crippen LogP contribution in [-0.2, 0) is 26.2 Å². The summed E-state index contributed by atoms with van der Waals surface area (Å²) in [5, 5.41) is 0. The average molecular weight is 529 g/mol. The maximum Gasteiger partial charge on any atom is 0.307 e. The Hall–Kier alpha value is -3.58. The number of likely N-dealkylation sites (N-methyl/N-ethyl adjacent to an activating group) is 1. The maximum absolute atomic E-state index is 13.4. The number of nitrogens with zero attached hydrogens (tertiary/aromatic N) is 2. The standard InChI is InChI=1S/C32H36N2O5/c1-20(38-21(2)35)19-34-17-16-32-24-12-13-25(33(3)28(36)15-10-22-8-6-5-7-9-22)31(32)39-30-27(37-4)14-11-23(29(30)32)18-26(24)34/h5-11,14-15,24-26,31H,1,12-13,16-19H2,2-4H3/t24-,25+,26+,31-,32-/m0/s1. The molecule has 2 aliphatic carbocycles. The minimum atomic E-state index is -0.335. The predicted octanol–water partition coefficient (Wildman–Crippen LogP) is 4.35. The van der Waals surface area contributed by atoms with Crippen LogP contribution in [0.1, 0.15) is 42.9 Å². The van der Waals surface area contributed by atoms with Crippen LogP contribution in [0.2, 0.25) is 0 Å². The second kappa shape index (κ2) is 9.87. The molecule has 1 saturated carbocycles. The summed E-state index contributed by atoms with van der Waals surface area (Å²) in [6.45, 7) is 6.80. The second-order valence-corrected chi connectivity index (χ2v) is 11.3. The summed E-state index contributed by atoms with van der Waals surface area (Å²) in [5.74, 6) is 2.11. The van der Waals surface area contributed by atoms with E-state index >= 15 is 0 Å². The fourth-order valence-electron chi connectivity index (χ4n) is 7.82. The Morgan fingerprint density at radius 1 is 1.21 bits per heavy atom. The van der Waals surface area contributed by atoms with Gasteiger partial charge in [-0.05, 0) is 61.4 Å². The molecule has 1 spiro atoms. The van der Waals surface area contributed by atoms with Crippen LogP contribution in [0.5, 0.6) is 11.5 Å². The Bertz CT molecular complexity index is 1340. The first kappa shape index (κ1) is 25.7. The zero-order valence-electron chi connectivity index (χ0n) is 22.9. The number of ether oxygens (including phenoxy) is 3. The summed E-state index contributed by atoms with van der Waals surface area (Å²) in [6.07, 6.45) is 7.04. The molecule has 6 rings (SSSR count). The van der Waals surface area contributed by atoms with E-state index in [4.69, 9.17) is 14.2 Å². The number of hydrogen-bond acceptors (Lipinski definition) is 6. The number of carbonyl (C=O) groups is 2. The molecule has 2 fully saturated rings. The van der Waals surface area contributed by atoms with Gasteiger partial charge in [-0.3, -0.25) is 14.5 Å².